The molecular formula is C20H31IN4OS. The highest BCUT2D eigenvalue weighted by Crippen LogP contribution is 2.25. The minimum Gasteiger partial charge on any atom is -0.383 e. The summed E-state index contributed by atoms with van der Waals surface area (Å²) in [5, 5.41) is 19.2. The van der Waals surface area contributed by atoms with Crippen molar-refractivity contribution in [1.82, 2.24) is 10.6 Å². The lowest BCUT2D eigenvalue weighted by atomic mass is 10.1. The quantitative estimate of drug-likeness (QED) is 0.294. The van der Waals surface area contributed by atoms with Crippen molar-refractivity contribution in [3.63, 3.8) is 0 Å². The molecule has 0 aliphatic rings. The van der Waals surface area contributed by atoms with Gasteiger partial charge in [0.15, 0.2) is 5.96 Å². The first-order valence-electron chi connectivity index (χ1n) is 8.97. The van der Waals surface area contributed by atoms with E-state index in [-0.39, 0.29) is 24.0 Å². The summed E-state index contributed by atoms with van der Waals surface area (Å²) in [6.07, 6.45) is 0.916. The Kier molecular flexibility index (Phi) is 10.1. The van der Waals surface area contributed by atoms with Gasteiger partial charge in [-0.25, -0.2) is 4.99 Å². The fraction of sp³-hybridized carbons (Fsp3) is 0.450. The van der Waals surface area contributed by atoms with Crippen LogP contribution in [0.15, 0.2) is 46.8 Å². The monoisotopic (exact) mass is 502 g/mol. The number of nitrogens with one attached hydrogen (secondary N) is 2. The Morgan fingerprint density at radius 1 is 1.19 bits per heavy atom. The molecule has 0 radical (unpaired) electrons. The molecule has 7 heteroatoms. The molecule has 0 aliphatic carbocycles. The van der Waals surface area contributed by atoms with Gasteiger partial charge in [-0.15, -0.1) is 35.3 Å². The van der Waals surface area contributed by atoms with Crippen molar-refractivity contribution in [1.29, 1.82) is 0 Å². The summed E-state index contributed by atoms with van der Waals surface area (Å²) < 4.78 is 0. The zero-order chi connectivity index (χ0) is 19.0. The predicted octanol–water partition coefficient (Wildman–Crippen LogP) is 3.44. The van der Waals surface area contributed by atoms with Gasteiger partial charge < -0.3 is 20.6 Å². The molecule has 2 rings (SSSR count). The average Bonchev–Trinajstić information content (AvgIpc) is 3.16. The SMILES string of the molecule is CCNC(=NCC(C)(O)c1cccs1)NCCc1ccc(N(C)C)cc1.I. The number of hydrogen-bond donors (Lipinski definition) is 3. The highest BCUT2D eigenvalue weighted by molar-refractivity contribution is 14.0. The number of hydrogen-bond acceptors (Lipinski definition) is 4. The highest BCUT2D eigenvalue weighted by Gasteiger charge is 2.23. The number of aliphatic imine (C=N–C) groups is 1. The lowest BCUT2D eigenvalue weighted by Gasteiger charge is -2.20. The Bertz CT molecular complexity index is 685. The van der Waals surface area contributed by atoms with E-state index in [2.05, 4.69) is 44.8 Å². The molecule has 0 fully saturated rings. The normalized spacial score (nSPS) is 13.4. The molecule has 3 N–H and O–H groups in total. The summed E-state index contributed by atoms with van der Waals surface area (Å²) in [5.41, 5.74) is 1.54. The number of thiophene rings is 1. The second-order valence-corrected chi connectivity index (χ2v) is 7.63. The Hall–Kier alpha value is -1.32. The fourth-order valence-corrected chi connectivity index (χ4v) is 3.30. The smallest absolute Gasteiger partial charge is 0.191 e. The van der Waals surface area contributed by atoms with E-state index in [0.717, 1.165) is 30.3 Å². The van der Waals surface area contributed by atoms with Crippen molar-refractivity contribution < 1.29 is 5.11 Å². The van der Waals surface area contributed by atoms with Crippen molar-refractivity contribution in [3.05, 3.63) is 52.2 Å². The maximum Gasteiger partial charge on any atom is 0.191 e. The summed E-state index contributed by atoms with van der Waals surface area (Å²) in [7, 11) is 4.08. The fourth-order valence-electron chi connectivity index (χ4n) is 2.52. The van der Waals surface area contributed by atoms with E-state index in [4.69, 9.17) is 0 Å². The van der Waals surface area contributed by atoms with E-state index >= 15 is 0 Å². The van der Waals surface area contributed by atoms with Gasteiger partial charge in [0.05, 0.1) is 6.54 Å². The van der Waals surface area contributed by atoms with Crippen molar-refractivity contribution in [2.75, 3.05) is 38.6 Å². The molecule has 0 saturated heterocycles. The van der Waals surface area contributed by atoms with Gasteiger partial charge in [0, 0.05) is 37.7 Å². The summed E-state index contributed by atoms with van der Waals surface area (Å²) >= 11 is 1.55. The number of benzene rings is 1. The van der Waals surface area contributed by atoms with E-state index in [0.29, 0.717) is 6.54 Å². The molecule has 27 heavy (non-hydrogen) atoms. The van der Waals surface area contributed by atoms with E-state index in [1.165, 1.54) is 11.3 Å². The third-order valence-electron chi connectivity index (χ3n) is 4.10. The van der Waals surface area contributed by atoms with E-state index in [1.54, 1.807) is 18.3 Å². The maximum atomic E-state index is 10.6. The van der Waals surface area contributed by atoms with E-state index in [1.807, 2.05) is 38.5 Å². The van der Waals surface area contributed by atoms with Gasteiger partial charge in [0.1, 0.15) is 5.60 Å². The first-order chi connectivity index (χ1) is 12.4. The van der Waals surface area contributed by atoms with Crippen molar-refractivity contribution in [2.45, 2.75) is 25.9 Å². The van der Waals surface area contributed by atoms with Gasteiger partial charge >= 0.3 is 0 Å². The molecule has 0 spiro atoms. The lowest BCUT2D eigenvalue weighted by molar-refractivity contribution is 0.0711. The Labute approximate surface area is 183 Å². The Morgan fingerprint density at radius 3 is 2.44 bits per heavy atom. The molecule has 1 unspecified atom stereocenters. The standard InChI is InChI=1S/C20H30N4OS.HI/c1-5-21-19(23-15-20(2,25)18-7-6-14-26-18)22-13-12-16-8-10-17(11-9-16)24(3)4;/h6-11,14,25H,5,12-13,15H2,1-4H3,(H2,21,22,23);1H. The van der Waals surface area contributed by atoms with Gasteiger partial charge in [-0.1, -0.05) is 18.2 Å². The maximum absolute atomic E-state index is 10.6. The molecule has 1 aromatic carbocycles. The van der Waals surface area contributed by atoms with Gasteiger partial charge in [0.25, 0.3) is 0 Å². The largest absolute Gasteiger partial charge is 0.383 e. The van der Waals surface area contributed by atoms with Crippen LogP contribution in [0.1, 0.15) is 24.3 Å². The number of nitrogens with zero attached hydrogens (tertiary/aromatic N) is 2. The number of anilines is 1. The van der Waals surface area contributed by atoms with Crippen molar-refractivity contribution >= 4 is 47.0 Å². The van der Waals surface area contributed by atoms with Crippen LogP contribution in [-0.2, 0) is 12.0 Å². The molecule has 150 valence electrons. The predicted molar refractivity (Wildman–Crippen MR) is 128 cm³/mol. The minimum atomic E-state index is -0.946. The molecule has 0 amide bonds. The first kappa shape index (κ1) is 23.7. The summed E-state index contributed by atoms with van der Waals surface area (Å²) in [6, 6.07) is 12.5. The number of aliphatic hydroxyl groups is 1. The minimum absolute atomic E-state index is 0. The Morgan fingerprint density at radius 2 is 1.89 bits per heavy atom. The average molecular weight is 502 g/mol. The van der Waals surface area contributed by atoms with Crippen LogP contribution >= 0.6 is 35.3 Å². The molecule has 1 aromatic heterocycles. The number of rotatable bonds is 8. The second-order valence-electron chi connectivity index (χ2n) is 6.68. The summed E-state index contributed by atoms with van der Waals surface area (Å²) in [6.45, 7) is 5.73. The van der Waals surface area contributed by atoms with Gasteiger partial charge in [-0.3, -0.25) is 0 Å². The zero-order valence-electron chi connectivity index (χ0n) is 16.5. The van der Waals surface area contributed by atoms with Crippen LogP contribution in [0.25, 0.3) is 0 Å². The van der Waals surface area contributed by atoms with E-state index < -0.39 is 5.60 Å². The third-order valence-corrected chi connectivity index (χ3v) is 5.22. The summed E-state index contributed by atoms with van der Waals surface area (Å²) in [5.74, 6) is 0.731. The van der Waals surface area contributed by atoms with Crippen LogP contribution in [0.4, 0.5) is 5.69 Å². The molecule has 2 aromatic rings. The summed E-state index contributed by atoms with van der Waals surface area (Å²) in [4.78, 5) is 7.58. The number of halogens is 1. The molecule has 0 bridgehead atoms. The molecule has 1 atom stereocenters. The van der Waals surface area contributed by atoms with Crippen LogP contribution in [0, 0.1) is 0 Å². The lowest BCUT2D eigenvalue weighted by Crippen LogP contribution is -2.39. The molecular weight excluding hydrogens is 471 g/mol. The topological polar surface area (TPSA) is 59.9 Å². The van der Waals surface area contributed by atoms with Crippen LogP contribution in [0.5, 0.6) is 0 Å². The van der Waals surface area contributed by atoms with Crippen LogP contribution in [0.2, 0.25) is 0 Å². The van der Waals surface area contributed by atoms with Gasteiger partial charge in [0.2, 0.25) is 0 Å². The van der Waals surface area contributed by atoms with Crippen molar-refractivity contribution in [3.8, 4) is 0 Å². The van der Waals surface area contributed by atoms with E-state index in [9.17, 15) is 5.11 Å². The van der Waals surface area contributed by atoms with Gasteiger partial charge in [-0.2, -0.15) is 0 Å². The Balaban J connectivity index is 0.00000364. The van der Waals surface area contributed by atoms with Gasteiger partial charge in [-0.05, 0) is 49.4 Å². The second kappa shape index (κ2) is 11.5. The number of guanidine groups is 1. The molecule has 1 heterocycles. The third kappa shape index (κ3) is 7.67. The van der Waals surface area contributed by atoms with Crippen LogP contribution in [0.3, 0.4) is 0 Å². The zero-order valence-corrected chi connectivity index (χ0v) is 19.7. The van der Waals surface area contributed by atoms with Crippen LogP contribution in [-0.4, -0.2) is 44.8 Å². The highest BCUT2D eigenvalue weighted by atomic mass is 127. The van der Waals surface area contributed by atoms with Crippen molar-refractivity contribution in [2.24, 2.45) is 4.99 Å². The van der Waals surface area contributed by atoms with Crippen LogP contribution < -0.4 is 15.5 Å². The molecule has 5 nitrogen and oxygen atoms in total. The molecule has 0 aliphatic heterocycles. The first-order valence-corrected chi connectivity index (χ1v) is 9.85. The molecule has 0 saturated carbocycles.